The van der Waals surface area contributed by atoms with Gasteiger partial charge in [0.2, 0.25) is 0 Å². The summed E-state index contributed by atoms with van der Waals surface area (Å²) in [5.41, 5.74) is 0. The fraction of sp³-hybridized carbons (Fsp3) is 0.500. The summed E-state index contributed by atoms with van der Waals surface area (Å²) in [5, 5.41) is 0. The van der Waals surface area contributed by atoms with Gasteiger partial charge in [0.1, 0.15) is 0 Å². The van der Waals surface area contributed by atoms with Gasteiger partial charge in [-0.1, -0.05) is 62.1 Å². The third-order valence-electron chi connectivity index (χ3n) is 5.64. The van der Waals surface area contributed by atoms with Crippen LogP contribution in [0.3, 0.4) is 0 Å². The minimum absolute atomic E-state index is 0. The summed E-state index contributed by atoms with van der Waals surface area (Å²) in [7, 11) is 0. The Labute approximate surface area is 172 Å². The van der Waals surface area contributed by atoms with Gasteiger partial charge in [0.05, 0.1) is 0 Å². The summed E-state index contributed by atoms with van der Waals surface area (Å²) in [5.74, 6) is 4.74. The minimum atomic E-state index is 0. The molecule has 6 atom stereocenters. The number of fused-ring (bicyclic) bond motifs is 2. The van der Waals surface area contributed by atoms with E-state index in [-0.39, 0.29) is 50.7 Å². The van der Waals surface area contributed by atoms with Crippen LogP contribution in [0.2, 0.25) is 0 Å². The Balaban J connectivity index is 0.000000882. The zero-order valence-corrected chi connectivity index (χ0v) is 18.4. The summed E-state index contributed by atoms with van der Waals surface area (Å²) in [6.07, 6.45) is 29.3. The molecule has 0 aromatic heterocycles. The quantitative estimate of drug-likeness (QED) is 0.333. The molecule has 3 heteroatoms. The molecule has 0 spiro atoms. The van der Waals surface area contributed by atoms with Crippen LogP contribution in [0, 0.1) is 48.3 Å². The van der Waals surface area contributed by atoms with Crippen LogP contribution in [0.25, 0.3) is 0 Å². The van der Waals surface area contributed by atoms with Crippen molar-refractivity contribution in [2.45, 2.75) is 25.7 Å². The Bertz CT molecular complexity index is 396. The number of rotatable bonds is 3. The zero-order chi connectivity index (χ0) is 13.4. The average Bonchev–Trinajstić information content (AvgIpc) is 3.07. The van der Waals surface area contributed by atoms with E-state index >= 15 is 0 Å². The molecule has 4 aliphatic carbocycles. The van der Waals surface area contributed by atoms with Crippen molar-refractivity contribution < 1.29 is 50.7 Å². The van der Waals surface area contributed by atoms with Crippen LogP contribution in [-0.2, 0) is 25.8 Å². The van der Waals surface area contributed by atoms with E-state index in [2.05, 4.69) is 61.4 Å². The van der Waals surface area contributed by atoms with Gasteiger partial charge in [-0.2, -0.15) is 11.8 Å². The standard InChI is InChI=1S/C20H24.2ClH.Hf/c1-2-6-18-12-15(11-17(18)5-1)9-10-16-13-19-7-3-4-8-20(19)14-16;;;/h1-8,11,13,15-20H,9-10,12,14H2;2*1H;/q-2;;;+4/p-2. The molecular weight excluding hydrogens is 490 g/mol. The fourth-order valence-corrected chi connectivity index (χ4v) is 4.57. The van der Waals surface area contributed by atoms with Gasteiger partial charge in [0.25, 0.3) is 0 Å². The predicted molar refractivity (Wildman–Crippen MR) is 84.6 cm³/mol. The van der Waals surface area contributed by atoms with Gasteiger partial charge in [-0.3, -0.25) is 0 Å². The summed E-state index contributed by atoms with van der Waals surface area (Å²) >= 11 is 0. The molecule has 2 fully saturated rings. The summed E-state index contributed by atoms with van der Waals surface area (Å²) in [6, 6.07) is 0. The Hall–Kier alpha value is 0.410. The SMILES string of the molecule is C1=CC2[CH-]C(CCC3[CH-]C4C=CC=CC4C3)CC2C=C1.[Cl-].[Cl-].[Hf+4]. The summed E-state index contributed by atoms with van der Waals surface area (Å²) in [6.45, 7) is 0. The molecule has 122 valence electrons. The maximum atomic E-state index is 2.62. The Morgan fingerprint density at radius 1 is 0.652 bits per heavy atom. The molecule has 0 nitrogen and oxygen atoms in total. The number of halogens is 2. The predicted octanol–water partition coefficient (Wildman–Crippen LogP) is -1.06. The molecule has 0 saturated heterocycles. The first kappa shape index (κ1) is 21.5. The van der Waals surface area contributed by atoms with E-state index in [4.69, 9.17) is 0 Å². The second-order valence-corrected chi connectivity index (χ2v) is 6.98. The van der Waals surface area contributed by atoms with E-state index in [9.17, 15) is 0 Å². The molecule has 0 bridgehead atoms. The van der Waals surface area contributed by atoms with Crippen LogP contribution in [-0.4, -0.2) is 0 Å². The third kappa shape index (κ3) is 4.95. The fourth-order valence-electron chi connectivity index (χ4n) is 4.57. The van der Waals surface area contributed by atoms with Crippen molar-refractivity contribution in [2.24, 2.45) is 35.5 Å². The first-order valence-electron chi connectivity index (χ1n) is 8.28. The van der Waals surface area contributed by atoms with Crippen molar-refractivity contribution >= 4 is 0 Å². The van der Waals surface area contributed by atoms with Crippen LogP contribution >= 0.6 is 0 Å². The maximum Gasteiger partial charge on any atom is 4.00 e. The van der Waals surface area contributed by atoms with Crippen molar-refractivity contribution in [1.29, 1.82) is 0 Å². The molecular formula is C20H24Cl2Hf. The normalized spacial score (nSPS) is 39.0. The van der Waals surface area contributed by atoms with Gasteiger partial charge in [-0.15, -0.1) is 24.0 Å². The largest absolute Gasteiger partial charge is 4.00 e. The molecule has 4 rings (SSSR count). The van der Waals surface area contributed by atoms with Crippen LogP contribution in [0.15, 0.2) is 48.6 Å². The monoisotopic (exact) mass is 514 g/mol. The molecule has 0 aromatic carbocycles. The summed E-state index contributed by atoms with van der Waals surface area (Å²) in [4.78, 5) is 0. The Morgan fingerprint density at radius 3 is 1.43 bits per heavy atom. The van der Waals surface area contributed by atoms with Gasteiger partial charge in [0, 0.05) is 0 Å². The van der Waals surface area contributed by atoms with Crippen molar-refractivity contribution in [3.63, 3.8) is 0 Å². The number of allylic oxidation sites excluding steroid dienone is 8. The Morgan fingerprint density at radius 2 is 1.04 bits per heavy atom. The molecule has 4 aliphatic rings. The van der Waals surface area contributed by atoms with Crippen molar-refractivity contribution in [3.8, 4) is 0 Å². The van der Waals surface area contributed by atoms with Gasteiger partial charge in [0.15, 0.2) is 0 Å². The zero-order valence-electron chi connectivity index (χ0n) is 13.3. The van der Waals surface area contributed by atoms with Gasteiger partial charge in [-0.25, -0.2) is 0 Å². The molecule has 0 amide bonds. The molecule has 0 radical (unpaired) electrons. The van der Waals surface area contributed by atoms with Gasteiger partial charge >= 0.3 is 25.8 Å². The molecule has 2 saturated carbocycles. The second-order valence-electron chi connectivity index (χ2n) is 6.98. The van der Waals surface area contributed by atoms with Gasteiger partial charge in [-0.05, 0) is 11.8 Å². The first-order chi connectivity index (χ1) is 9.88. The van der Waals surface area contributed by atoms with Gasteiger partial charge < -0.3 is 37.7 Å². The first-order valence-corrected chi connectivity index (χ1v) is 8.28. The van der Waals surface area contributed by atoms with E-state index in [1.807, 2.05) is 0 Å². The van der Waals surface area contributed by atoms with Crippen molar-refractivity contribution in [1.82, 2.24) is 0 Å². The number of hydrogen-bond acceptors (Lipinski definition) is 0. The van der Waals surface area contributed by atoms with E-state index in [1.165, 1.54) is 25.7 Å². The average molecular weight is 514 g/mol. The minimum Gasteiger partial charge on any atom is -1.00 e. The van der Waals surface area contributed by atoms with Crippen LogP contribution in [0.1, 0.15) is 25.7 Å². The van der Waals surface area contributed by atoms with E-state index < -0.39 is 0 Å². The van der Waals surface area contributed by atoms with E-state index in [0.717, 1.165) is 35.5 Å². The second kappa shape index (κ2) is 9.78. The molecule has 0 heterocycles. The Kier molecular flexibility index (Phi) is 9.12. The number of hydrogen-bond donors (Lipinski definition) is 0. The third-order valence-corrected chi connectivity index (χ3v) is 5.64. The molecule has 0 N–H and O–H groups in total. The smallest absolute Gasteiger partial charge is 1.00 e. The summed E-state index contributed by atoms with van der Waals surface area (Å²) < 4.78 is 0. The maximum absolute atomic E-state index is 2.62. The molecule has 23 heavy (non-hydrogen) atoms. The van der Waals surface area contributed by atoms with Crippen LogP contribution in [0.5, 0.6) is 0 Å². The topological polar surface area (TPSA) is 0 Å². The van der Waals surface area contributed by atoms with E-state index in [1.54, 1.807) is 0 Å². The van der Waals surface area contributed by atoms with Crippen molar-refractivity contribution in [2.75, 3.05) is 0 Å². The molecule has 6 unspecified atom stereocenters. The van der Waals surface area contributed by atoms with Crippen LogP contribution < -0.4 is 24.8 Å². The van der Waals surface area contributed by atoms with E-state index in [0.29, 0.717) is 0 Å². The molecule has 0 aromatic rings. The van der Waals surface area contributed by atoms with Crippen LogP contribution in [0.4, 0.5) is 0 Å². The molecule has 0 aliphatic heterocycles. The van der Waals surface area contributed by atoms with Crippen molar-refractivity contribution in [3.05, 3.63) is 61.4 Å².